The van der Waals surface area contributed by atoms with Gasteiger partial charge in [0.2, 0.25) is 5.91 Å². The topological polar surface area (TPSA) is 61.4 Å². The van der Waals surface area contributed by atoms with Crippen molar-refractivity contribution in [3.63, 3.8) is 0 Å². The molecule has 5 nitrogen and oxygen atoms in total. The molecule has 2 aliphatic heterocycles. The maximum atomic E-state index is 13.3. The molecule has 4 atom stereocenters. The summed E-state index contributed by atoms with van der Waals surface area (Å²) >= 11 is 6.10. The second kappa shape index (κ2) is 8.19. The van der Waals surface area contributed by atoms with Crippen LogP contribution in [0.1, 0.15) is 55.3 Å². The number of hydrogen-bond donors (Lipinski definition) is 2. The largest absolute Gasteiger partial charge is 0.350 e. The van der Waals surface area contributed by atoms with Crippen molar-refractivity contribution in [1.82, 2.24) is 15.5 Å². The van der Waals surface area contributed by atoms with Crippen LogP contribution in [0.4, 0.5) is 0 Å². The van der Waals surface area contributed by atoms with Crippen LogP contribution >= 0.6 is 11.6 Å². The minimum Gasteiger partial charge on any atom is -0.350 e. The average molecular weight is 390 g/mol. The van der Waals surface area contributed by atoms with Gasteiger partial charge < -0.3 is 15.5 Å². The van der Waals surface area contributed by atoms with Gasteiger partial charge in [-0.05, 0) is 62.8 Å². The highest BCUT2D eigenvalue weighted by Gasteiger charge is 2.47. The molecule has 4 rings (SSSR count). The summed E-state index contributed by atoms with van der Waals surface area (Å²) in [7, 11) is 0. The van der Waals surface area contributed by atoms with Crippen molar-refractivity contribution >= 4 is 23.4 Å². The van der Waals surface area contributed by atoms with E-state index in [2.05, 4.69) is 10.6 Å². The summed E-state index contributed by atoms with van der Waals surface area (Å²) in [5.41, 5.74) is 0.575. The van der Waals surface area contributed by atoms with E-state index in [9.17, 15) is 9.59 Å². The van der Waals surface area contributed by atoms with Crippen LogP contribution in [-0.4, -0.2) is 47.9 Å². The number of carbonyl (C=O) groups excluding carboxylic acids is 2. The van der Waals surface area contributed by atoms with Gasteiger partial charge in [-0.1, -0.05) is 30.5 Å². The van der Waals surface area contributed by atoms with E-state index in [1.165, 1.54) is 6.42 Å². The van der Waals surface area contributed by atoms with Crippen molar-refractivity contribution in [2.75, 3.05) is 13.1 Å². The quantitative estimate of drug-likeness (QED) is 0.835. The van der Waals surface area contributed by atoms with Gasteiger partial charge in [-0.3, -0.25) is 9.59 Å². The molecule has 4 unspecified atom stereocenters. The first kappa shape index (κ1) is 18.8. The molecular formula is C21H28ClN3O2. The Labute approximate surface area is 165 Å². The second-order valence-electron chi connectivity index (χ2n) is 8.14. The van der Waals surface area contributed by atoms with Gasteiger partial charge in [-0.25, -0.2) is 0 Å². The first-order chi connectivity index (χ1) is 13.1. The maximum Gasteiger partial charge on any atom is 0.254 e. The molecule has 1 aliphatic carbocycles. The molecule has 6 heteroatoms. The molecule has 2 heterocycles. The summed E-state index contributed by atoms with van der Waals surface area (Å²) in [6, 6.07) is 7.04. The number of fused-ring (bicyclic) bond motifs is 1. The molecule has 3 aliphatic rings. The third-order valence-corrected chi connectivity index (χ3v) is 6.58. The summed E-state index contributed by atoms with van der Waals surface area (Å²) in [6.07, 6.45) is 7.28. The van der Waals surface area contributed by atoms with Crippen LogP contribution < -0.4 is 10.6 Å². The van der Waals surface area contributed by atoms with Gasteiger partial charge >= 0.3 is 0 Å². The number of hydrogen-bond acceptors (Lipinski definition) is 3. The molecule has 146 valence electrons. The van der Waals surface area contributed by atoms with Crippen molar-refractivity contribution in [2.45, 2.75) is 63.1 Å². The summed E-state index contributed by atoms with van der Waals surface area (Å²) < 4.78 is 0. The van der Waals surface area contributed by atoms with E-state index >= 15 is 0 Å². The van der Waals surface area contributed by atoms with Gasteiger partial charge in [0.1, 0.15) is 6.04 Å². The average Bonchev–Trinajstić information content (AvgIpc) is 3.08. The minimum atomic E-state index is -0.369. The lowest BCUT2D eigenvalue weighted by Gasteiger charge is -2.34. The van der Waals surface area contributed by atoms with Gasteiger partial charge in [-0.2, -0.15) is 0 Å². The zero-order valence-electron chi connectivity index (χ0n) is 15.6. The fourth-order valence-electron chi connectivity index (χ4n) is 5.03. The van der Waals surface area contributed by atoms with Crippen LogP contribution in [0.3, 0.4) is 0 Å². The minimum absolute atomic E-state index is 0.00785. The molecule has 2 N–H and O–H groups in total. The Kier molecular flexibility index (Phi) is 5.69. The Morgan fingerprint density at radius 2 is 2.00 bits per heavy atom. The lowest BCUT2D eigenvalue weighted by molar-refractivity contribution is -0.126. The fourth-order valence-corrected chi connectivity index (χ4v) is 5.22. The summed E-state index contributed by atoms with van der Waals surface area (Å²) in [4.78, 5) is 28.3. The SMILES string of the molecule is O=C(NC1CCCNC1)C1CC2CCCCC2N1C(=O)c1cccc(Cl)c1. The molecule has 1 aromatic rings. The lowest BCUT2D eigenvalue weighted by atomic mass is 9.84. The van der Waals surface area contributed by atoms with Crippen molar-refractivity contribution in [3.8, 4) is 0 Å². The van der Waals surface area contributed by atoms with Crippen LogP contribution in [0.5, 0.6) is 0 Å². The number of carbonyl (C=O) groups is 2. The third-order valence-electron chi connectivity index (χ3n) is 6.34. The van der Waals surface area contributed by atoms with Gasteiger partial charge in [0.15, 0.2) is 0 Å². The predicted octanol–water partition coefficient (Wildman–Crippen LogP) is 2.98. The standard InChI is InChI=1S/C21H28ClN3O2/c22-16-7-3-6-15(11-16)21(27)25-18-9-2-1-5-14(18)12-19(25)20(26)24-17-8-4-10-23-13-17/h3,6-7,11,14,17-19,23H,1-2,4-5,8-10,12-13H2,(H,24,26). The molecule has 0 spiro atoms. The fraction of sp³-hybridized carbons (Fsp3) is 0.619. The van der Waals surface area contributed by atoms with E-state index < -0.39 is 0 Å². The number of benzene rings is 1. The Morgan fingerprint density at radius 3 is 2.78 bits per heavy atom. The number of likely N-dealkylation sites (tertiary alicyclic amines) is 1. The molecule has 0 radical (unpaired) electrons. The van der Waals surface area contributed by atoms with E-state index in [4.69, 9.17) is 11.6 Å². The highest BCUT2D eigenvalue weighted by atomic mass is 35.5. The molecule has 2 amide bonds. The Hall–Kier alpha value is -1.59. The highest BCUT2D eigenvalue weighted by Crippen LogP contribution is 2.40. The summed E-state index contributed by atoms with van der Waals surface area (Å²) in [5, 5.41) is 7.08. The number of halogens is 1. The highest BCUT2D eigenvalue weighted by molar-refractivity contribution is 6.31. The number of rotatable bonds is 3. The normalized spacial score (nSPS) is 30.6. The summed E-state index contributed by atoms with van der Waals surface area (Å²) in [5.74, 6) is 0.379. The third kappa shape index (κ3) is 3.99. The van der Waals surface area contributed by atoms with E-state index in [1.54, 1.807) is 24.3 Å². The second-order valence-corrected chi connectivity index (χ2v) is 8.57. The lowest BCUT2D eigenvalue weighted by Crippen LogP contribution is -2.54. The molecule has 0 bridgehead atoms. The van der Waals surface area contributed by atoms with Gasteiger partial charge in [0.25, 0.3) is 5.91 Å². The van der Waals surface area contributed by atoms with Gasteiger partial charge in [-0.15, -0.1) is 0 Å². The van der Waals surface area contributed by atoms with Crippen LogP contribution in [0.2, 0.25) is 5.02 Å². The maximum absolute atomic E-state index is 13.3. The number of nitrogens with one attached hydrogen (secondary N) is 2. The van der Waals surface area contributed by atoms with E-state index in [1.807, 2.05) is 4.90 Å². The molecule has 0 aromatic heterocycles. The first-order valence-corrected chi connectivity index (χ1v) is 10.6. The molecular weight excluding hydrogens is 362 g/mol. The smallest absolute Gasteiger partial charge is 0.254 e. The van der Waals surface area contributed by atoms with Crippen LogP contribution in [0.15, 0.2) is 24.3 Å². The van der Waals surface area contributed by atoms with Crippen LogP contribution in [0, 0.1) is 5.92 Å². The van der Waals surface area contributed by atoms with Crippen molar-refractivity contribution in [2.24, 2.45) is 5.92 Å². The summed E-state index contributed by atoms with van der Waals surface area (Å²) in [6.45, 7) is 1.83. The molecule has 27 heavy (non-hydrogen) atoms. The number of piperidine rings is 1. The zero-order valence-corrected chi connectivity index (χ0v) is 16.4. The first-order valence-electron chi connectivity index (χ1n) is 10.2. The van der Waals surface area contributed by atoms with E-state index in [0.29, 0.717) is 16.5 Å². The van der Waals surface area contributed by atoms with Gasteiger partial charge in [0, 0.05) is 29.2 Å². The Morgan fingerprint density at radius 1 is 1.15 bits per heavy atom. The van der Waals surface area contributed by atoms with Crippen LogP contribution in [0.25, 0.3) is 0 Å². The Balaban J connectivity index is 1.56. The van der Waals surface area contributed by atoms with E-state index in [0.717, 1.165) is 51.6 Å². The molecule has 2 saturated heterocycles. The molecule has 1 saturated carbocycles. The van der Waals surface area contributed by atoms with Gasteiger partial charge in [0.05, 0.1) is 0 Å². The zero-order chi connectivity index (χ0) is 18.8. The Bertz CT molecular complexity index is 704. The van der Waals surface area contributed by atoms with Crippen LogP contribution in [-0.2, 0) is 4.79 Å². The van der Waals surface area contributed by atoms with Crippen molar-refractivity contribution < 1.29 is 9.59 Å². The van der Waals surface area contributed by atoms with E-state index in [-0.39, 0.29) is 29.9 Å². The predicted molar refractivity (Wildman–Crippen MR) is 106 cm³/mol. The van der Waals surface area contributed by atoms with Crippen molar-refractivity contribution in [3.05, 3.63) is 34.9 Å². The molecule has 1 aromatic carbocycles. The number of amides is 2. The molecule has 3 fully saturated rings. The monoisotopic (exact) mass is 389 g/mol. The number of nitrogens with zero attached hydrogens (tertiary/aromatic N) is 1. The van der Waals surface area contributed by atoms with Crippen molar-refractivity contribution in [1.29, 1.82) is 0 Å².